The molecule has 0 atom stereocenters. The Morgan fingerprint density at radius 1 is 1.26 bits per heavy atom. The molecule has 8 heteroatoms. The summed E-state index contributed by atoms with van der Waals surface area (Å²) in [4.78, 5) is 23.2. The van der Waals surface area contributed by atoms with E-state index in [1.165, 1.54) is 18.2 Å². The Morgan fingerprint density at radius 3 is 2.61 bits per heavy atom. The number of ether oxygens (including phenoxy) is 1. The molecule has 0 saturated carbocycles. The first-order valence-corrected chi connectivity index (χ1v) is 7.15. The van der Waals surface area contributed by atoms with Crippen LogP contribution < -0.4 is 4.43 Å². The van der Waals surface area contributed by atoms with Crippen LogP contribution in [0.25, 0.3) is 11.4 Å². The highest BCUT2D eigenvalue weighted by molar-refractivity contribution is 5.56. The SMILES string of the molecule is CC1(C)OC(C)(C)c2c1[nH]nc(-c1cccc([N+](=O)[O-])c1)[n+]2=O. The van der Waals surface area contributed by atoms with E-state index in [0.717, 1.165) is 0 Å². The van der Waals surface area contributed by atoms with E-state index in [0.29, 0.717) is 21.4 Å². The van der Waals surface area contributed by atoms with Gasteiger partial charge in [-0.15, -0.1) is 0 Å². The molecule has 2 heterocycles. The van der Waals surface area contributed by atoms with Crippen LogP contribution in [0, 0.1) is 15.0 Å². The third-order valence-electron chi connectivity index (χ3n) is 3.90. The van der Waals surface area contributed by atoms with Crippen LogP contribution in [0.2, 0.25) is 0 Å². The number of aromatic nitrogens is 3. The highest BCUT2D eigenvalue weighted by Gasteiger charge is 2.50. The van der Waals surface area contributed by atoms with Crippen LogP contribution in [0.15, 0.2) is 24.3 Å². The maximum absolute atomic E-state index is 12.8. The molecule has 0 saturated heterocycles. The number of non-ortho nitro benzene ring substituents is 1. The molecule has 1 aliphatic rings. The van der Waals surface area contributed by atoms with Gasteiger partial charge in [0, 0.05) is 16.6 Å². The van der Waals surface area contributed by atoms with Gasteiger partial charge in [0.25, 0.3) is 5.69 Å². The number of nitro groups is 1. The number of hydrogen-bond donors (Lipinski definition) is 1. The van der Waals surface area contributed by atoms with Gasteiger partial charge in [0.15, 0.2) is 0 Å². The van der Waals surface area contributed by atoms with Gasteiger partial charge in [-0.05, 0) is 33.8 Å². The molecule has 120 valence electrons. The summed E-state index contributed by atoms with van der Waals surface area (Å²) in [5.41, 5.74) is -0.158. The predicted molar refractivity (Wildman–Crippen MR) is 81.2 cm³/mol. The first-order chi connectivity index (χ1) is 10.6. The number of aromatic amines is 1. The van der Waals surface area contributed by atoms with Gasteiger partial charge in [0.1, 0.15) is 16.9 Å². The maximum atomic E-state index is 12.8. The minimum atomic E-state index is -0.796. The van der Waals surface area contributed by atoms with E-state index in [2.05, 4.69) is 10.2 Å². The zero-order valence-electron chi connectivity index (χ0n) is 13.3. The van der Waals surface area contributed by atoms with Crippen LogP contribution in [-0.4, -0.2) is 15.1 Å². The van der Waals surface area contributed by atoms with Gasteiger partial charge in [0.05, 0.1) is 15.6 Å². The van der Waals surface area contributed by atoms with Crippen molar-refractivity contribution in [1.82, 2.24) is 10.2 Å². The Balaban J connectivity index is 2.24. The van der Waals surface area contributed by atoms with Crippen LogP contribution in [-0.2, 0) is 15.9 Å². The first-order valence-electron chi connectivity index (χ1n) is 7.15. The van der Waals surface area contributed by atoms with Gasteiger partial charge in [0.2, 0.25) is 5.69 Å². The third kappa shape index (κ3) is 2.31. The van der Waals surface area contributed by atoms with E-state index >= 15 is 0 Å². The van der Waals surface area contributed by atoms with Crippen molar-refractivity contribution in [3.8, 4) is 11.4 Å². The second-order valence-corrected chi connectivity index (χ2v) is 6.50. The molecule has 0 amide bonds. The number of H-pyrrole nitrogens is 1. The normalized spacial score (nSPS) is 17.7. The average Bonchev–Trinajstić information content (AvgIpc) is 2.64. The third-order valence-corrected chi connectivity index (χ3v) is 3.90. The topological polar surface area (TPSA) is 104 Å². The number of rotatable bonds is 2. The van der Waals surface area contributed by atoms with E-state index in [4.69, 9.17) is 4.74 Å². The quantitative estimate of drug-likeness (QED) is 0.520. The Labute approximate surface area is 131 Å². The van der Waals surface area contributed by atoms with Crippen LogP contribution in [0.3, 0.4) is 0 Å². The van der Waals surface area contributed by atoms with Crippen molar-refractivity contribution in [2.24, 2.45) is 0 Å². The summed E-state index contributed by atoms with van der Waals surface area (Å²) in [6, 6.07) is 5.82. The Bertz CT molecular complexity index is 870. The molecule has 1 aliphatic heterocycles. The summed E-state index contributed by atoms with van der Waals surface area (Å²) in [5, 5.41) is 17.9. The van der Waals surface area contributed by atoms with Crippen molar-refractivity contribution < 1.29 is 14.1 Å². The summed E-state index contributed by atoms with van der Waals surface area (Å²) in [6.07, 6.45) is 0. The van der Waals surface area contributed by atoms with Gasteiger partial charge < -0.3 is 4.74 Å². The number of nitro benzene ring substituents is 1. The molecule has 2 aromatic rings. The molecular weight excluding hydrogens is 300 g/mol. The fourth-order valence-corrected chi connectivity index (χ4v) is 3.06. The predicted octanol–water partition coefficient (Wildman–Crippen LogP) is 2.40. The van der Waals surface area contributed by atoms with Crippen molar-refractivity contribution in [3.05, 3.63) is 50.7 Å². The molecule has 0 bridgehead atoms. The molecule has 1 N–H and O–H groups in total. The zero-order valence-corrected chi connectivity index (χ0v) is 13.3. The van der Waals surface area contributed by atoms with E-state index < -0.39 is 16.1 Å². The van der Waals surface area contributed by atoms with Crippen molar-refractivity contribution >= 4 is 5.69 Å². The van der Waals surface area contributed by atoms with E-state index in [1.807, 2.05) is 13.8 Å². The summed E-state index contributed by atoms with van der Waals surface area (Å²) in [6.45, 7) is 7.32. The van der Waals surface area contributed by atoms with Gasteiger partial charge in [-0.3, -0.25) is 10.1 Å². The van der Waals surface area contributed by atoms with Gasteiger partial charge in [-0.2, -0.15) is 5.10 Å². The van der Waals surface area contributed by atoms with E-state index in [-0.39, 0.29) is 11.5 Å². The largest absolute Gasteiger partial charge is 0.398 e. The van der Waals surface area contributed by atoms with Gasteiger partial charge in [-0.1, -0.05) is 11.0 Å². The van der Waals surface area contributed by atoms with Crippen molar-refractivity contribution in [2.45, 2.75) is 38.9 Å². The molecule has 0 fully saturated rings. The lowest BCUT2D eigenvalue weighted by molar-refractivity contribution is -0.506. The summed E-state index contributed by atoms with van der Waals surface area (Å²) in [5.74, 6) is 0.0711. The number of nitrogens with zero attached hydrogens (tertiary/aromatic N) is 3. The smallest absolute Gasteiger partial charge is 0.354 e. The summed E-state index contributed by atoms with van der Waals surface area (Å²) >= 11 is 0. The molecule has 1 aromatic heterocycles. The highest BCUT2D eigenvalue weighted by Crippen LogP contribution is 2.43. The minimum Gasteiger partial charge on any atom is -0.354 e. The van der Waals surface area contributed by atoms with E-state index in [9.17, 15) is 15.0 Å². The molecule has 23 heavy (non-hydrogen) atoms. The second kappa shape index (κ2) is 4.69. The minimum absolute atomic E-state index is 0.0711. The highest BCUT2D eigenvalue weighted by atomic mass is 16.6. The Kier molecular flexibility index (Phi) is 3.12. The molecule has 0 aliphatic carbocycles. The lowest BCUT2D eigenvalue weighted by Gasteiger charge is -2.22. The second-order valence-electron chi connectivity index (χ2n) is 6.50. The van der Waals surface area contributed by atoms with Crippen LogP contribution in [0.4, 0.5) is 5.69 Å². The van der Waals surface area contributed by atoms with Crippen molar-refractivity contribution in [3.63, 3.8) is 0 Å². The van der Waals surface area contributed by atoms with Gasteiger partial charge in [-0.25, -0.2) is 0 Å². The first kappa shape index (κ1) is 15.3. The molecule has 0 radical (unpaired) electrons. The van der Waals surface area contributed by atoms with Crippen molar-refractivity contribution in [2.75, 3.05) is 0 Å². The van der Waals surface area contributed by atoms with Crippen LogP contribution in [0.1, 0.15) is 39.1 Å². The standard InChI is InChI=1S/C15H17N4O4/c1-14(2)11-12(15(3,4)23-14)18(20)13(17-16-11)9-6-5-7-10(8-9)19(21)22/h5-8H,1-4H3,(H,16,20)/q+1. The number of benzene rings is 1. The monoisotopic (exact) mass is 317 g/mol. The fourth-order valence-electron chi connectivity index (χ4n) is 3.06. The summed E-state index contributed by atoms with van der Waals surface area (Å²) < 4.78 is 6.63. The van der Waals surface area contributed by atoms with Crippen LogP contribution >= 0.6 is 0 Å². The molecule has 0 unspecified atom stereocenters. The molecule has 1 aromatic carbocycles. The average molecular weight is 317 g/mol. The molecule has 0 spiro atoms. The summed E-state index contributed by atoms with van der Waals surface area (Å²) in [7, 11) is 0. The van der Waals surface area contributed by atoms with Crippen LogP contribution in [0.5, 0.6) is 0 Å². The zero-order chi connectivity index (χ0) is 17.0. The molecule has 8 nitrogen and oxygen atoms in total. The molecular formula is C15H17N4O4+. The maximum Gasteiger partial charge on any atom is 0.398 e. The lowest BCUT2D eigenvalue weighted by atomic mass is 10.0. The number of nitrogens with one attached hydrogen (secondary N) is 1. The number of fused-ring (bicyclic) bond motifs is 1. The Hall–Kier alpha value is -2.61. The Morgan fingerprint density at radius 2 is 1.96 bits per heavy atom. The lowest BCUT2D eigenvalue weighted by Crippen LogP contribution is -2.34. The fraction of sp³-hybridized carbons (Fsp3) is 0.400. The number of hydrogen-bond acceptors (Lipinski definition) is 5. The van der Waals surface area contributed by atoms with E-state index in [1.54, 1.807) is 19.9 Å². The molecule has 3 rings (SSSR count). The van der Waals surface area contributed by atoms with Gasteiger partial charge >= 0.3 is 5.82 Å². The van der Waals surface area contributed by atoms with Crippen molar-refractivity contribution in [1.29, 1.82) is 0 Å².